The Morgan fingerprint density at radius 3 is 1.80 bits per heavy atom. The van der Waals surface area contributed by atoms with Crippen LogP contribution in [0.3, 0.4) is 0 Å². The molecule has 6 rings (SSSR count). The van der Waals surface area contributed by atoms with E-state index >= 15 is 0 Å². The third kappa shape index (κ3) is 8.00. The standard InChI is InChI=1S/C34H44O21/c1-48-17-4-11(2-3-14(17)39)30-18(7-13-15(49-30)5-12(38)6-16(13)50-32-28(46)25(43)22(40)19(8-35)52-32)51-34-31(27(45)24(42)21(10-37)54-34)55-33-29(47)26(44)23(41)20(9-36)53-33/h2-7,15,19-29,31-47H,8-10H2,1H3. The number of fused-ring (bicyclic) bond motifs is 1. The van der Waals surface area contributed by atoms with Crippen molar-refractivity contribution in [3.05, 3.63) is 64.8 Å². The minimum atomic E-state index is -1.95. The number of aliphatic hydroxyl groups is 12. The maximum atomic E-state index is 11.2. The zero-order valence-electron chi connectivity index (χ0n) is 28.9. The van der Waals surface area contributed by atoms with Crippen molar-refractivity contribution in [3.8, 4) is 11.5 Å². The summed E-state index contributed by atoms with van der Waals surface area (Å²) < 4.78 is 46.1. The van der Waals surface area contributed by atoms with E-state index in [-0.39, 0.29) is 45.7 Å². The molecule has 21 nitrogen and oxygen atoms in total. The summed E-state index contributed by atoms with van der Waals surface area (Å²) in [6.45, 7) is -2.41. The molecule has 0 spiro atoms. The van der Waals surface area contributed by atoms with E-state index in [4.69, 9.17) is 37.9 Å². The smallest absolute Gasteiger partial charge is 0.229 e. The molecule has 3 saturated heterocycles. The van der Waals surface area contributed by atoms with Crippen molar-refractivity contribution >= 4 is 5.76 Å². The average Bonchev–Trinajstić information content (AvgIpc) is 3.17. The molecule has 21 heteroatoms. The van der Waals surface area contributed by atoms with Crippen LogP contribution >= 0.6 is 0 Å². The fraction of sp³-hybridized carbons (Fsp3) is 0.588. The lowest BCUT2D eigenvalue weighted by molar-refractivity contribution is -0.363. The SMILES string of the molecule is COc1cc(C2=C(OC3OC(CO)C(O)C(O)C3OC3OC(CO)C(O)C(O)C3O)C=C3C(OC4OC(CO)C(O)C(O)C4O)=CC(O)=CC3O2)ccc1O. The van der Waals surface area contributed by atoms with Crippen LogP contribution in [0.25, 0.3) is 5.76 Å². The van der Waals surface area contributed by atoms with Gasteiger partial charge in [-0.15, -0.1) is 0 Å². The number of hydrogen-bond donors (Lipinski definition) is 13. The number of allylic oxidation sites excluding steroid dienone is 2. The van der Waals surface area contributed by atoms with Gasteiger partial charge < -0.3 is 104 Å². The molecule has 1 aromatic rings. The van der Waals surface area contributed by atoms with Gasteiger partial charge in [0.15, 0.2) is 35.4 Å². The molecule has 0 radical (unpaired) electrons. The molecule has 4 aliphatic heterocycles. The molecule has 5 aliphatic rings. The molecule has 0 saturated carbocycles. The minimum absolute atomic E-state index is 0.00655. The first kappa shape index (κ1) is 41.0. The second kappa shape index (κ2) is 16.9. The molecule has 1 aromatic carbocycles. The van der Waals surface area contributed by atoms with Crippen molar-refractivity contribution in [2.75, 3.05) is 26.9 Å². The Bertz CT molecular complexity index is 1640. The van der Waals surface area contributed by atoms with Crippen molar-refractivity contribution in [1.29, 1.82) is 0 Å². The molecule has 13 N–H and O–H groups in total. The summed E-state index contributed by atoms with van der Waals surface area (Å²) in [4.78, 5) is 0. The second-order valence-electron chi connectivity index (χ2n) is 13.3. The molecule has 0 bridgehead atoms. The lowest BCUT2D eigenvalue weighted by Crippen LogP contribution is -2.64. The van der Waals surface area contributed by atoms with Gasteiger partial charge >= 0.3 is 0 Å². The number of ether oxygens (including phenoxy) is 8. The van der Waals surface area contributed by atoms with Gasteiger partial charge in [0.1, 0.15) is 84.8 Å². The van der Waals surface area contributed by atoms with Crippen molar-refractivity contribution in [2.45, 2.75) is 98.2 Å². The van der Waals surface area contributed by atoms with Crippen LogP contribution in [0.15, 0.2) is 59.3 Å². The Balaban J connectivity index is 1.40. The number of methoxy groups -OCH3 is 1. The van der Waals surface area contributed by atoms with Crippen LogP contribution in [0, 0.1) is 0 Å². The van der Waals surface area contributed by atoms with E-state index in [9.17, 15) is 66.4 Å². The van der Waals surface area contributed by atoms with Crippen LogP contribution in [0.2, 0.25) is 0 Å². The predicted molar refractivity (Wildman–Crippen MR) is 176 cm³/mol. The number of hydrogen-bond acceptors (Lipinski definition) is 21. The first-order valence-electron chi connectivity index (χ1n) is 17.1. The fourth-order valence-electron chi connectivity index (χ4n) is 6.56. The minimum Gasteiger partial charge on any atom is -0.508 e. The maximum Gasteiger partial charge on any atom is 0.229 e. The van der Waals surface area contributed by atoms with E-state index in [2.05, 4.69) is 0 Å². The first-order chi connectivity index (χ1) is 26.2. The Morgan fingerprint density at radius 2 is 1.20 bits per heavy atom. The molecular weight excluding hydrogens is 744 g/mol. The number of rotatable bonds is 11. The predicted octanol–water partition coefficient (Wildman–Crippen LogP) is -4.81. The van der Waals surface area contributed by atoms with Crippen LogP contribution < -0.4 is 4.74 Å². The van der Waals surface area contributed by atoms with E-state index in [1.54, 1.807) is 0 Å². The number of phenolic OH excluding ortho intramolecular Hbond substituents is 1. The zero-order chi connectivity index (χ0) is 39.9. The van der Waals surface area contributed by atoms with E-state index in [0.717, 1.165) is 6.08 Å². The highest BCUT2D eigenvalue weighted by Crippen LogP contribution is 2.42. The van der Waals surface area contributed by atoms with Gasteiger partial charge in [-0.25, -0.2) is 0 Å². The lowest BCUT2D eigenvalue weighted by atomic mass is 9.95. The zero-order valence-corrected chi connectivity index (χ0v) is 28.9. The van der Waals surface area contributed by atoms with E-state index < -0.39 is 118 Å². The highest BCUT2D eigenvalue weighted by Gasteiger charge is 2.52. The maximum absolute atomic E-state index is 11.2. The van der Waals surface area contributed by atoms with Gasteiger partial charge in [0.2, 0.25) is 12.6 Å². The molecule has 3 fully saturated rings. The van der Waals surface area contributed by atoms with Crippen molar-refractivity contribution in [2.24, 2.45) is 0 Å². The summed E-state index contributed by atoms with van der Waals surface area (Å²) >= 11 is 0. The Kier molecular flexibility index (Phi) is 12.6. The summed E-state index contributed by atoms with van der Waals surface area (Å²) in [5.74, 6) is -1.25. The van der Waals surface area contributed by atoms with Gasteiger partial charge in [-0.05, 0) is 24.3 Å². The van der Waals surface area contributed by atoms with Crippen molar-refractivity contribution in [3.63, 3.8) is 0 Å². The summed E-state index contributed by atoms with van der Waals surface area (Å²) in [6, 6.07) is 4.04. The second-order valence-corrected chi connectivity index (χ2v) is 13.3. The normalized spacial score (nSPS) is 40.6. The molecule has 0 aromatic heterocycles. The topological polar surface area (TPSA) is 337 Å². The molecule has 55 heavy (non-hydrogen) atoms. The Morgan fingerprint density at radius 1 is 0.636 bits per heavy atom. The van der Waals surface area contributed by atoms with Gasteiger partial charge in [0.25, 0.3) is 0 Å². The average molecular weight is 789 g/mol. The van der Waals surface area contributed by atoms with Gasteiger partial charge in [-0.3, -0.25) is 0 Å². The van der Waals surface area contributed by atoms with Crippen LogP contribution in [-0.4, -0.2) is 192 Å². The monoisotopic (exact) mass is 788 g/mol. The summed E-state index contributed by atoms with van der Waals surface area (Å²) in [5.41, 5.74) is 0.265. The third-order valence-corrected chi connectivity index (χ3v) is 9.69. The van der Waals surface area contributed by atoms with Crippen LogP contribution in [-0.2, 0) is 33.2 Å². The first-order valence-corrected chi connectivity index (χ1v) is 17.1. The molecular formula is C34H44O21. The molecule has 1 aliphatic carbocycles. The molecule has 16 unspecified atom stereocenters. The summed E-state index contributed by atoms with van der Waals surface area (Å²) in [5, 5.41) is 135. The largest absolute Gasteiger partial charge is 0.508 e. The van der Waals surface area contributed by atoms with Gasteiger partial charge in [0.05, 0.1) is 26.9 Å². The highest BCUT2D eigenvalue weighted by molar-refractivity contribution is 5.70. The van der Waals surface area contributed by atoms with Gasteiger partial charge in [-0.2, -0.15) is 0 Å². The van der Waals surface area contributed by atoms with E-state index in [1.165, 1.54) is 37.5 Å². The Hall–Kier alpha value is -3.62. The van der Waals surface area contributed by atoms with Gasteiger partial charge in [0, 0.05) is 23.3 Å². The van der Waals surface area contributed by atoms with Crippen LogP contribution in [0.5, 0.6) is 11.5 Å². The van der Waals surface area contributed by atoms with E-state index in [0.29, 0.717) is 0 Å². The molecule has 4 heterocycles. The van der Waals surface area contributed by atoms with E-state index in [1.807, 2.05) is 0 Å². The molecule has 0 amide bonds. The number of benzene rings is 1. The molecule has 16 atom stereocenters. The van der Waals surface area contributed by atoms with Crippen molar-refractivity contribution < 1.29 is 104 Å². The van der Waals surface area contributed by atoms with Crippen LogP contribution in [0.4, 0.5) is 0 Å². The Labute approximate surface area is 311 Å². The summed E-state index contributed by atoms with van der Waals surface area (Å²) in [7, 11) is 1.29. The van der Waals surface area contributed by atoms with Crippen molar-refractivity contribution in [1.82, 2.24) is 0 Å². The quantitative estimate of drug-likeness (QED) is 0.100. The number of aromatic hydroxyl groups is 1. The molecule has 306 valence electrons. The van der Waals surface area contributed by atoms with Crippen LogP contribution in [0.1, 0.15) is 5.56 Å². The van der Waals surface area contributed by atoms with Gasteiger partial charge in [-0.1, -0.05) is 0 Å². The number of phenols is 1. The lowest BCUT2D eigenvalue weighted by Gasteiger charge is -2.46. The fourth-order valence-corrected chi connectivity index (χ4v) is 6.56. The number of aliphatic hydroxyl groups excluding tert-OH is 12. The highest BCUT2D eigenvalue weighted by atomic mass is 16.8. The summed E-state index contributed by atoms with van der Waals surface area (Å²) in [6.07, 6.45) is -23.7. The third-order valence-electron chi connectivity index (χ3n) is 9.69.